The van der Waals surface area contributed by atoms with Crippen molar-refractivity contribution in [1.29, 1.82) is 0 Å². The Kier molecular flexibility index (Phi) is 6.81. The summed E-state index contributed by atoms with van der Waals surface area (Å²) >= 11 is 3.19. The van der Waals surface area contributed by atoms with E-state index >= 15 is 0 Å². The maximum atomic E-state index is 12.9. The molecule has 3 rings (SSSR count). The number of aromatic nitrogens is 1. The largest absolute Gasteiger partial charge is 0.329 e. The summed E-state index contributed by atoms with van der Waals surface area (Å²) in [6.45, 7) is 4.25. The van der Waals surface area contributed by atoms with Gasteiger partial charge in [0.1, 0.15) is 0 Å². The zero-order valence-electron chi connectivity index (χ0n) is 13.9. The topological polar surface area (TPSA) is 65.2 Å². The quantitative estimate of drug-likeness (QED) is 0.793. The highest BCUT2D eigenvalue weighted by Gasteiger charge is 2.28. The molecule has 0 bridgehead atoms. The van der Waals surface area contributed by atoms with Crippen molar-refractivity contribution in [3.05, 3.63) is 68.0 Å². The van der Waals surface area contributed by atoms with Crippen molar-refractivity contribution >= 4 is 34.2 Å². The van der Waals surface area contributed by atoms with Gasteiger partial charge in [-0.3, -0.25) is 9.59 Å². The van der Waals surface area contributed by atoms with Gasteiger partial charge in [-0.25, -0.2) is 0 Å². The number of amides is 1. The molecule has 2 aromatic rings. The summed E-state index contributed by atoms with van der Waals surface area (Å²) in [5.74, 6) is -0.0713. The van der Waals surface area contributed by atoms with Crippen LogP contribution in [-0.2, 0) is 6.42 Å². The lowest BCUT2D eigenvalue weighted by Gasteiger charge is -2.36. The van der Waals surface area contributed by atoms with Crippen LogP contribution in [0.2, 0.25) is 0 Å². The summed E-state index contributed by atoms with van der Waals surface area (Å²) in [4.78, 5) is 28.9. The molecule has 1 aliphatic heterocycles. The molecule has 5 nitrogen and oxygen atoms in total. The minimum Gasteiger partial charge on any atom is -0.329 e. The average Bonchev–Trinajstić information content (AvgIpc) is 2.63. The maximum absolute atomic E-state index is 12.9. The first-order valence-corrected chi connectivity index (χ1v) is 8.88. The second-order valence-corrected chi connectivity index (χ2v) is 6.73. The number of H-pyrrole nitrogens is 1. The van der Waals surface area contributed by atoms with Gasteiger partial charge in [-0.2, -0.15) is 0 Å². The number of benzene rings is 1. The fourth-order valence-corrected chi connectivity index (χ4v) is 3.33. The SMILES string of the molecule is CCc1ccc(C2CNCCN2C(=O)c2c[nH]c(=O)c(Br)c2)cc1.Cl. The van der Waals surface area contributed by atoms with Gasteiger partial charge in [0, 0.05) is 25.8 Å². The van der Waals surface area contributed by atoms with Crippen molar-refractivity contribution in [2.24, 2.45) is 0 Å². The predicted molar refractivity (Wildman–Crippen MR) is 104 cm³/mol. The number of pyridine rings is 1. The molecule has 0 aliphatic carbocycles. The summed E-state index contributed by atoms with van der Waals surface area (Å²) in [7, 11) is 0. The normalized spacial score (nSPS) is 17.0. The van der Waals surface area contributed by atoms with Gasteiger partial charge in [0.2, 0.25) is 0 Å². The van der Waals surface area contributed by atoms with Crippen LogP contribution in [0.25, 0.3) is 0 Å². The third kappa shape index (κ3) is 4.32. The van der Waals surface area contributed by atoms with E-state index in [4.69, 9.17) is 0 Å². The van der Waals surface area contributed by atoms with E-state index in [0.29, 0.717) is 16.6 Å². The molecule has 1 aromatic carbocycles. The summed E-state index contributed by atoms with van der Waals surface area (Å²) in [5, 5.41) is 3.36. The summed E-state index contributed by atoms with van der Waals surface area (Å²) < 4.78 is 0.368. The van der Waals surface area contributed by atoms with E-state index in [1.54, 1.807) is 6.07 Å². The van der Waals surface area contributed by atoms with Gasteiger partial charge in [0.05, 0.1) is 16.1 Å². The van der Waals surface area contributed by atoms with E-state index < -0.39 is 0 Å². The fraction of sp³-hybridized carbons (Fsp3) is 0.333. The van der Waals surface area contributed by atoms with Gasteiger partial charge >= 0.3 is 0 Å². The van der Waals surface area contributed by atoms with Crippen LogP contribution in [0.5, 0.6) is 0 Å². The minimum absolute atomic E-state index is 0. The Morgan fingerprint density at radius 1 is 1.32 bits per heavy atom. The van der Waals surface area contributed by atoms with Gasteiger partial charge in [0.15, 0.2) is 0 Å². The molecule has 1 atom stereocenters. The number of hydrogen-bond donors (Lipinski definition) is 2. The van der Waals surface area contributed by atoms with E-state index in [1.807, 2.05) is 4.90 Å². The van der Waals surface area contributed by atoms with Crippen molar-refractivity contribution in [3.63, 3.8) is 0 Å². The van der Waals surface area contributed by atoms with Crippen LogP contribution in [0.3, 0.4) is 0 Å². The maximum Gasteiger partial charge on any atom is 0.262 e. The molecule has 1 unspecified atom stereocenters. The molecule has 1 aromatic heterocycles. The smallest absolute Gasteiger partial charge is 0.262 e. The number of nitrogens with zero attached hydrogens (tertiary/aromatic N) is 1. The van der Waals surface area contributed by atoms with Crippen LogP contribution in [0, 0.1) is 0 Å². The first kappa shape index (κ1) is 19.7. The average molecular weight is 427 g/mol. The Hall–Kier alpha value is -1.63. The van der Waals surface area contributed by atoms with Gasteiger partial charge < -0.3 is 15.2 Å². The fourth-order valence-electron chi connectivity index (χ4n) is 2.97. The van der Waals surface area contributed by atoms with Crippen molar-refractivity contribution < 1.29 is 4.79 Å². The molecule has 1 saturated heterocycles. The van der Waals surface area contributed by atoms with Gasteiger partial charge in [-0.05, 0) is 39.5 Å². The molecule has 134 valence electrons. The van der Waals surface area contributed by atoms with Crippen molar-refractivity contribution in [3.8, 4) is 0 Å². The Balaban J connectivity index is 0.00000225. The number of piperazine rings is 1. The van der Waals surface area contributed by atoms with Gasteiger partial charge in [0.25, 0.3) is 11.5 Å². The molecule has 0 spiro atoms. The minimum atomic E-state index is -0.237. The Labute approximate surface area is 161 Å². The van der Waals surface area contributed by atoms with E-state index in [1.165, 1.54) is 11.8 Å². The van der Waals surface area contributed by atoms with E-state index in [0.717, 1.165) is 25.1 Å². The third-order valence-corrected chi connectivity index (χ3v) is 4.97. The molecule has 2 N–H and O–H groups in total. The zero-order valence-corrected chi connectivity index (χ0v) is 16.3. The second kappa shape index (κ2) is 8.65. The number of rotatable bonds is 3. The van der Waals surface area contributed by atoms with Crippen molar-refractivity contribution in [2.75, 3.05) is 19.6 Å². The lowest BCUT2D eigenvalue weighted by molar-refractivity contribution is 0.0634. The molecule has 1 fully saturated rings. The first-order valence-electron chi connectivity index (χ1n) is 8.09. The molecule has 1 amide bonds. The summed E-state index contributed by atoms with van der Waals surface area (Å²) in [6, 6.07) is 9.99. The monoisotopic (exact) mass is 425 g/mol. The molecular weight excluding hydrogens is 406 g/mol. The number of hydrogen-bond acceptors (Lipinski definition) is 3. The highest BCUT2D eigenvalue weighted by molar-refractivity contribution is 9.10. The number of carbonyl (C=O) groups is 1. The Morgan fingerprint density at radius 3 is 2.68 bits per heavy atom. The molecule has 1 aliphatic rings. The number of aromatic amines is 1. The van der Waals surface area contributed by atoms with E-state index in [-0.39, 0.29) is 29.9 Å². The highest BCUT2D eigenvalue weighted by Crippen LogP contribution is 2.25. The lowest BCUT2D eigenvalue weighted by Crippen LogP contribution is -2.48. The first-order chi connectivity index (χ1) is 11.6. The van der Waals surface area contributed by atoms with Gasteiger partial charge in [-0.1, -0.05) is 31.2 Å². The summed E-state index contributed by atoms with van der Waals surface area (Å²) in [6.07, 6.45) is 2.48. The van der Waals surface area contributed by atoms with Gasteiger partial charge in [-0.15, -0.1) is 12.4 Å². The molecule has 7 heteroatoms. The lowest BCUT2D eigenvalue weighted by atomic mass is 10.00. The Bertz CT molecular complexity index is 792. The number of aryl methyl sites for hydroxylation is 1. The van der Waals surface area contributed by atoms with Crippen LogP contribution >= 0.6 is 28.3 Å². The number of nitrogens with one attached hydrogen (secondary N) is 2. The molecule has 0 radical (unpaired) electrons. The highest BCUT2D eigenvalue weighted by atomic mass is 79.9. The van der Waals surface area contributed by atoms with Crippen LogP contribution in [0.4, 0.5) is 0 Å². The van der Waals surface area contributed by atoms with Crippen LogP contribution in [0.1, 0.15) is 34.5 Å². The number of carbonyl (C=O) groups excluding carboxylic acids is 1. The molecule has 25 heavy (non-hydrogen) atoms. The zero-order chi connectivity index (χ0) is 17.1. The predicted octanol–water partition coefficient (Wildman–Crippen LogP) is 2.91. The molecule has 0 saturated carbocycles. The second-order valence-electron chi connectivity index (χ2n) is 5.88. The molecular formula is C18H21BrClN3O2. The molecule has 2 heterocycles. The van der Waals surface area contributed by atoms with Crippen LogP contribution in [-0.4, -0.2) is 35.4 Å². The summed E-state index contributed by atoms with van der Waals surface area (Å²) in [5.41, 5.74) is 2.65. The van der Waals surface area contributed by atoms with Crippen LogP contribution in [0.15, 0.2) is 45.8 Å². The van der Waals surface area contributed by atoms with Crippen molar-refractivity contribution in [1.82, 2.24) is 15.2 Å². The third-order valence-electron chi connectivity index (χ3n) is 4.38. The Morgan fingerprint density at radius 2 is 2.04 bits per heavy atom. The standard InChI is InChI=1S/C18H20BrN3O2.ClH/c1-2-12-3-5-13(6-4-12)16-11-20-7-8-22(16)18(24)14-9-15(19)17(23)21-10-14;/h3-6,9-10,16,20H,2,7-8,11H2,1H3,(H,21,23);1H. The number of halogens is 2. The van der Waals surface area contributed by atoms with E-state index in [9.17, 15) is 9.59 Å². The van der Waals surface area contributed by atoms with E-state index in [2.05, 4.69) is 57.4 Å². The van der Waals surface area contributed by atoms with Crippen molar-refractivity contribution in [2.45, 2.75) is 19.4 Å². The van der Waals surface area contributed by atoms with Crippen LogP contribution < -0.4 is 10.9 Å².